The van der Waals surface area contributed by atoms with Gasteiger partial charge in [0.1, 0.15) is 0 Å². The molecule has 1 aromatic heterocycles. The maximum Gasteiger partial charge on any atom is 0.0804 e. The fourth-order valence-electron chi connectivity index (χ4n) is 2.41. The van der Waals surface area contributed by atoms with Crippen LogP contribution in [0.5, 0.6) is 0 Å². The van der Waals surface area contributed by atoms with E-state index in [9.17, 15) is 0 Å². The largest absolute Gasteiger partial charge is 0.282 e. The maximum absolute atomic E-state index is 5.88. The molecule has 2 rings (SSSR count). The lowest BCUT2D eigenvalue weighted by Gasteiger charge is -2.33. The normalized spacial score (nSPS) is 21.5. The second-order valence-electron chi connectivity index (χ2n) is 5.57. The van der Waals surface area contributed by atoms with Crippen molar-refractivity contribution >= 4 is 11.6 Å². The Balaban J connectivity index is 2.25. The van der Waals surface area contributed by atoms with E-state index in [1.807, 2.05) is 0 Å². The van der Waals surface area contributed by atoms with Gasteiger partial charge in [-0.2, -0.15) is 5.10 Å². The number of hydrogen-bond donors (Lipinski definition) is 1. The van der Waals surface area contributed by atoms with Gasteiger partial charge in [0.25, 0.3) is 0 Å². The predicted octanol–water partition coefficient (Wildman–Crippen LogP) is 3.30. The molecule has 0 unspecified atom stereocenters. The average molecular weight is 227 g/mol. The zero-order valence-electron chi connectivity index (χ0n) is 9.73. The second-order valence-corrected chi connectivity index (χ2v) is 5.83. The molecule has 0 saturated heterocycles. The summed E-state index contributed by atoms with van der Waals surface area (Å²) in [7, 11) is 0. The first kappa shape index (κ1) is 11.0. The first-order valence-electron chi connectivity index (χ1n) is 5.63. The number of H-pyrrole nitrogens is 1. The van der Waals surface area contributed by atoms with Crippen LogP contribution >= 0.6 is 11.6 Å². The van der Waals surface area contributed by atoms with Gasteiger partial charge in [-0.05, 0) is 36.2 Å². The maximum atomic E-state index is 5.88. The lowest BCUT2D eigenvalue weighted by atomic mass is 9.71. The molecule has 1 aliphatic carbocycles. The topological polar surface area (TPSA) is 28.7 Å². The van der Waals surface area contributed by atoms with Gasteiger partial charge in [0.15, 0.2) is 0 Å². The minimum atomic E-state index is 0.387. The Bertz CT molecular complexity index is 335. The number of alkyl halides is 1. The van der Waals surface area contributed by atoms with Gasteiger partial charge in [0, 0.05) is 5.69 Å². The van der Waals surface area contributed by atoms with Crippen LogP contribution in [0.2, 0.25) is 0 Å². The number of aromatic amines is 1. The van der Waals surface area contributed by atoms with Crippen LogP contribution < -0.4 is 0 Å². The van der Waals surface area contributed by atoms with Crippen molar-refractivity contribution in [2.45, 2.75) is 45.9 Å². The van der Waals surface area contributed by atoms with Crippen LogP contribution in [0, 0.1) is 11.3 Å². The number of aromatic nitrogens is 2. The smallest absolute Gasteiger partial charge is 0.0804 e. The molecule has 1 aromatic rings. The van der Waals surface area contributed by atoms with E-state index in [0.29, 0.717) is 11.3 Å². The summed E-state index contributed by atoms with van der Waals surface area (Å²) >= 11 is 5.88. The first-order chi connectivity index (χ1) is 7.02. The van der Waals surface area contributed by atoms with E-state index < -0.39 is 0 Å². The van der Waals surface area contributed by atoms with Gasteiger partial charge in [0.2, 0.25) is 0 Å². The number of nitrogens with one attached hydrogen (secondary N) is 1. The molecule has 0 aromatic carbocycles. The van der Waals surface area contributed by atoms with Crippen LogP contribution in [0.1, 0.15) is 44.1 Å². The van der Waals surface area contributed by atoms with Crippen molar-refractivity contribution < 1.29 is 0 Å². The van der Waals surface area contributed by atoms with Crippen LogP contribution in [0.15, 0.2) is 0 Å². The Morgan fingerprint density at radius 3 is 2.80 bits per heavy atom. The van der Waals surface area contributed by atoms with Crippen molar-refractivity contribution in [1.29, 1.82) is 0 Å². The lowest BCUT2D eigenvalue weighted by molar-refractivity contribution is 0.215. The standard InChI is InChI=1S/C12H19ClN2/c1-12(2,3)8-4-5-10-9(6-8)11(7-13)15-14-10/h8H,4-7H2,1-3H3,(H,14,15)/t8-/m1/s1. The van der Waals surface area contributed by atoms with E-state index in [2.05, 4.69) is 31.0 Å². The molecular formula is C12H19ClN2. The summed E-state index contributed by atoms with van der Waals surface area (Å²) in [4.78, 5) is 0. The summed E-state index contributed by atoms with van der Waals surface area (Å²) in [6.45, 7) is 6.97. The quantitative estimate of drug-likeness (QED) is 0.732. The molecule has 0 amide bonds. The molecule has 0 spiro atoms. The molecule has 1 heterocycles. The number of hydrogen-bond acceptors (Lipinski definition) is 1. The Hall–Kier alpha value is -0.500. The number of nitrogens with zero attached hydrogens (tertiary/aromatic N) is 1. The fraction of sp³-hybridized carbons (Fsp3) is 0.750. The monoisotopic (exact) mass is 226 g/mol. The number of fused-ring (bicyclic) bond motifs is 1. The number of rotatable bonds is 1. The highest BCUT2D eigenvalue weighted by Gasteiger charge is 2.30. The summed E-state index contributed by atoms with van der Waals surface area (Å²) in [5.41, 5.74) is 4.14. The van der Waals surface area contributed by atoms with Crippen molar-refractivity contribution in [3.8, 4) is 0 Å². The highest BCUT2D eigenvalue weighted by atomic mass is 35.5. The van der Waals surface area contributed by atoms with Gasteiger partial charge in [-0.1, -0.05) is 20.8 Å². The van der Waals surface area contributed by atoms with Gasteiger partial charge in [-0.15, -0.1) is 11.6 Å². The minimum Gasteiger partial charge on any atom is -0.282 e. The minimum absolute atomic E-state index is 0.387. The average Bonchev–Trinajstić information content (AvgIpc) is 2.57. The van der Waals surface area contributed by atoms with Crippen molar-refractivity contribution in [2.24, 2.45) is 11.3 Å². The van der Waals surface area contributed by atoms with Crippen LogP contribution in [0.4, 0.5) is 0 Å². The zero-order valence-corrected chi connectivity index (χ0v) is 10.5. The van der Waals surface area contributed by atoms with Gasteiger partial charge < -0.3 is 0 Å². The van der Waals surface area contributed by atoms with Gasteiger partial charge in [-0.3, -0.25) is 5.10 Å². The van der Waals surface area contributed by atoms with E-state index in [1.165, 1.54) is 17.7 Å². The number of aryl methyl sites for hydroxylation is 1. The van der Waals surface area contributed by atoms with Crippen LogP contribution in [-0.2, 0) is 18.7 Å². The van der Waals surface area contributed by atoms with Gasteiger partial charge in [-0.25, -0.2) is 0 Å². The molecule has 3 heteroatoms. The van der Waals surface area contributed by atoms with Crippen molar-refractivity contribution in [1.82, 2.24) is 10.2 Å². The summed E-state index contributed by atoms with van der Waals surface area (Å²) in [6, 6.07) is 0. The molecule has 0 saturated carbocycles. The number of halogens is 1. The Labute approximate surface area is 96.4 Å². The summed E-state index contributed by atoms with van der Waals surface area (Å²) in [5, 5.41) is 7.39. The molecule has 1 atom stereocenters. The molecule has 0 aliphatic heterocycles. The molecule has 2 nitrogen and oxygen atoms in total. The molecule has 1 N–H and O–H groups in total. The summed E-state index contributed by atoms with van der Waals surface area (Å²) in [5.74, 6) is 1.28. The highest BCUT2D eigenvalue weighted by Crippen LogP contribution is 2.37. The second kappa shape index (κ2) is 3.82. The van der Waals surface area contributed by atoms with Crippen molar-refractivity contribution in [2.75, 3.05) is 0 Å². The molecular weight excluding hydrogens is 208 g/mol. The molecule has 84 valence electrons. The third-order valence-corrected chi connectivity index (χ3v) is 3.84. The zero-order chi connectivity index (χ0) is 11.1. The first-order valence-corrected chi connectivity index (χ1v) is 6.16. The van der Waals surface area contributed by atoms with E-state index >= 15 is 0 Å². The molecule has 0 bridgehead atoms. The Morgan fingerprint density at radius 1 is 1.47 bits per heavy atom. The predicted molar refractivity (Wildman–Crippen MR) is 63.1 cm³/mol. The summed E-state index contributed by atoms with van der Waals surface area (Å²) < 4.78 is 0. The third-order valence-electron chi connectivity index (χ3n) is 3.58. The van der Waals surface area contributed by atoms with E-state index in [4.69, 9.17) is 11.6 Å². The van der Waals surface area contributed by atoms with Crippen LogP contribution in [-0.4, -0.2) is 10.2 Å². The van der Waals surface area contributed by atoms with Crippen LogP contribution in [0.3, 0.4) is 0 Å². The SMILES string of the molecule is CC(C)(C)[C@@H]1CCc2[nH]nc(CCl)c2C1. The van der Waals surface area contributed by atoms with E-state index in [0.717, 1.165) is 24.5 Å². The third kappa shape index (κ3) is 2.05. The van der Waals surface area contributed by atoms with E-state index in [1.54, 1.807) is 0 Å². The molecule has 1 aliphatic rings. The molecule has 15 heavy (non-hydrogen) atoms. The highest BCUT2D eigenvalue weighted by molar-refractivity contribution is 6.17. The Morgan fingerprint density at radius 2 is 2.20 bits per heavy atom. The summed E-state index contributed by atoms with van der Waals surface area (Å²) in [6.07, 6.45) is 3.53. The van der Waals surface area contributed by atoms with E-state index in [-0.39, 0.29) is 0 Å². The molecule has 0 fully saturated rings. The van der Waals surface area contributed by atoms with Gasteiger partial charge in [0.05, 0.1) is 11.6 Å². The lowest BCUT2D eigenvalue weighted by Crippen LogP contribution is -2.26. The van der Waals surface area contributed by atoms with Crippen molar-refractivity contribution in [3.63, 3.8) is 0 Å². The van der Waals surface area contributed by atoms with Gasteiger partial charge >= 0.3 is 0 Å². The Kier molecular flexibility index (Phi) is 2.80. The van der Waals surface area contributed by atoms with Crippen LogP contribution in [0.25, 0.3) is 0 Å². The molecule has 0 radical (unpaired) electrons. The van der Waals surface area contributed by atoms with Crippen molar-refractivity contribution in [3.05, 3.63) is 17.0 Å². The fourth-order valence-corrected chi connectivity index (χ4v) is 2.63.